The van der Waals surface area contributed by atoms with Gasteiger partial charge in [0.25, 0.3) is 0 Å². The van der Waals surface area contributed by atoms with Gasteiger partial charge in [-0.25, -0.2) is 0 Å². The van der Waals surface area contributed by atoms with Gasteiger partial charge >= 0.3 is 0 Å². The molecule has 8 heteroatoms. The Labute approximate surface area is 192 Å². The molecule has 1 amide bonds. The van der Waals surface area contributed by atoms with Gasteiger partial charge in [0.2, 0.25) is 5.91 Å². The van der Waals surface area contributed by atoms with Crippen LogP contribution in [-0.4, -0.2) is 45.2 Å². The molecule has 31 heavy (non-hydrogen) atoms. The number of aromatic nitrogens is 3. The van der Waals surface area contributed by atoms with Crippen molar-refractivity contribution in [1.82, 2.24) is 20.1 Å². The smallest absolute Gasteiger partial charge is 0.230 e. The summed E-state index contributed by atoms with van der Waals surface area (Å²) >= 11 is 3.15. The lowest BCUT2D eigenvalue weighted by atomic mass is 9.69. The molecule has 1 N–H and O–H groups in total. The van der Waals surface area contributed by atoms with Crippen molar-refractivity contribution >= 4 is 29.0 Å². The van der Waals surface area contributed by atoms with Crippen molar-refractivity contribution in [3.63, 3.8) is 0 Å². The zero-order chi connectivity index (χ0) is 21.6. The minimum Gasteiger partial charge on any atom is -0.376 e. The first-order valence-corrected chi connectivity index (χ1v) is 13.3. The molecule has 0 aromatic carbocycles. The number of thiophene rings is 1. The van der Waals surface area contributed by atoms with Gasteiger partial charge in [0, 0.05) is 12.6 Å². The molecule has 0 radical (unpaired) electrons. The van der Waals surface area contributed by atoms with Crippen LogP contribution in [0.15, 0.2) is 22.7 Å². The molecule has 0 spiro atoms. The van der Waals surface area contributed by atoms with Gasteiger partial charge in [-0.1, -0.05) is 38.6 Å². The van der Waals surface area contributed by atoms with Gasteiger partial charge in [-0.2, -0.15) is 0 Å². The lowest BCUT2D eigenvalue weighted by Gasteiger charge is -2.39. The molecule has 4 atom stereocenters. The minimum absolute atomic E-state index is 0.101. The zero-order valence-corrected chi connectivity index (χ0v) is 20.2. The topological polar surface area (TPSA) is 69.0 Å². The van der Waals surface area contributed by atoms with Gasteiger partial charge in [0.05, 0.1) is 23.3 Å². The number of carbonyl (C=O) groups is 1. The molecular weight excluding hydrogens is 428 g/mol. The number of nitrogens with one attached hydrogen (secondary N) is 1. The number of thioether (sulfide) groups is 1. The number of hydrogen-bond acceptors (Lipinski definition) is 6. The lowest BCUT2D eigenvalue weighted by molar-refractivity contribution is -0.120. The maximum atomic E-state index is 12.9. The van der Waals surface area contributed by atoms with Crippen LogP contribution in [0.4, 0.5) is 0 Å². The van der Waals surface area contributed by atoms with E-state index in [1.807, 2.05) is 6.07 Å². The fourth-order valence-corrected chi connectivity index (χ4v) is 7.40. The molecule has 1 saturated heterocycles. The second-order valence-electron chi connectivity index (χ2n) is 10.0. The van der Waals surface area contributed by atoms with Gasteiger partial charge < -0.3 is 10.1 Å². The summed E-state index contributed by atoms with van der Waals surface area (Å²) in [4.78, 5) is 14.0. The van der Waals surface area contributed by atoms with E-state index in [2.05, 4.69) is 52.3 Å². The molecule has 168 valence electrons. The number of hydrogen-bond donors (Lipinski definition) is 1. The number of amides is 1. The van der Waals surface area contributed by atoms with E-state index in [0.717, 1.165) is 54.2 Å². The van der Waals surface area contributed by atoms with Crippen molar-refractivity contribution in [3.8, 4) is 10.7 Å². The van der Waals surface area contributed by atoms with Crippen LogP contribution >= 0.6 is 23.1 Å². The fraction of sp³-hybridized carbons (Fsp3) is 0.696. The summed E-state index contributed by atoms with van der Waals surface area (Å²) in [6.45, 7) is 8.68. The summed E-state index contributed by atoms with van der Waals surface area (Å²) in [6.07, 6.45) is 5.97. The first-order valence-electron chi connectivity index (χ1n) is 11.4. The number of carbonyl (C=O) groups excluding carboxylic acids is 1. The highest BCUT2D eigenvalue weighted by molar-refractivity contribution is 7.99. The van der Waals surface area contributed by atoms with E-state index in [1.165, 1.54) is 24.6 Å². The second kappa shape index (κ2) is 8.19. The summed E-state index contributed by atoms with van der Waals surface area (Å²) in [5.74, 6) is 2.06. The number of nitrogens with zero attached hydrogens (tertiary/aromatic N) is 3. The lowest BCUT2D eigenvalue weighted by Crippen LogP contribution is -2.47. The Bertz CT molecular complexity index is 936. The summed E-state index contributed by atoms with van der Waals surface area (Å²) in [6, 6.07) is 4.38. The SMILES string of the molecule is CC1(C)[C@H]2CC[C@@]1(C)[C@H](NC(=O)CSc1nnc(-c3cccs3)n1C[C@H]1CCCO1)C2. The average Bonchev–Trinajstić information content (AvgIpc) is 3.54. The molecule has 3 heterocycles. The van der Waals surface area contributed by atoms with Crippen molar-refractivity contribution < 1.29 is 9.53 Å². The molecule has 3 fully saturated rings. The van der Waals surface area contributed by atoms with E-state index in [-0.39, 0.29) is 23.5 Å². The van der Waals surface area contributed by atoms with Crippen LogP contribution in [-0.2, 0) is 16.1 Å². The second-order valence-corrected chi connectivity index (χ2v) is 11.9. The molecule has 2 saturated carbocycles. The van der Waals surface area contributed by atoms with E-state index in [4.69, 9.17) is 4.74 Å². The van der Waals surface area contributed by atoms with Crippen LogP contribution in [0.3, 0.4) is 0 Å². The largest absolute Gasteiger partial charge is 0.376 e. The quantitative estimate of drug-likeness (QED) is 0.611. The van der Waals surface area contributed by atoms with E-state index in [0.29, 0.717) is 11.2 Å². The predicted octanol–water partition coefficient (Wildman–Crippen LogP) is 4.61. The zero-order valence-electron chi connectivity index (χ0n) is 18.6. The monoisotopic (exact) mass is 460 g/mol. The molecule has 1 aliphatic heterocycles. The number of rotatable bonds is 7. The Morgan fingerprint density at radius 1 is 1.35 bits per heavy atom. The molecule has 2 aromatic rings. The third-order valence-electron chi connectivity index (χ3n) is 8.33. The maximum Gasteiger partial charge on any atom is 0.230 e. The van der Waals surface area contributed by atoms with Crippen molar-refractivity contribution in [2.75, 3.05) is 12.4 Å². The highest BCUT2D eigenvalue weighted by Gasteiger charge is 2.61. The van der Waals surface area contributed by atoms with Crippen molar-refractivity contribution in [3.05, 3.63) is 17.5 Å². The Hall–Kier alpha value is -1.38. The van der Waals surface area contributed by atoms with Gasteiger partial charge in [0.1, 0.15) is 0 Å². The van der Waals surface area contributed by atoms with E-state index in [9.17, 15) is 4.79 Å². The summed E-state index contributed by atoms with van der Waals surface area (Å²) in [5, 5.41) is 15.1. The summed E-state index contributed by atoms with van der Waals surface area (Å²) in [5.41, 5.74) is 0.499. The van der Waals surface area contributed by atoms with Crippen LogP contribution in [0.2, 0.25) is 0 Å². The maximum absolute atomic E-state index is 12.9. The van der Waals surface area contributed by atoms with Crippen LogP contribution in [0.5, 0.6) is 0 Å². The normalized spacial score (nSPS) is 31.4. The molecular formula is C23H32N4O2S2. The van der Waals surface area contributed by atoms with E-state index < -0.39 is 0 Å². The summed E-state index contributed by atoms with van der Waals surface area (Å²) in [7, 11) is 0. The van der Waals surface area contributed by atoms with E-state index in [1.54, 1.807) is 11.3 Å². The van der Waals surface area contributed by atoms with Crippen LogP contribution in [0.1, 0.15) is 52.9 Å². The molecule has 2 aromatic heterocycles. The number of ether oxygens (including phenoxy) is 1. The van der Waals surface area contributed by atoms with Crippen molar-refractivity contribution in [2.45, 2.75) is 76.7 Å². The van der Waals surface area contributed by atoms with Crippen LogP contribution in [0, 0.1) is 16.7 Å². The first kappa shape index (κ1) is 21.5. The van der Waals surface area contributed by atoms with Crippen molar-refractivity contribution in [1.29, 1.82) is 0 Å². The molecule has 0 unspecified atom stereocenters. The van der Waals surface area contributed by atoms with E-state index >= 15 is 0 Å². The minimum atomic E-state index is 0.101. The third-order valence-corrected chi connectivity index (χ3v) is 10.2. The standard InChI is InChI=1S/C23H32N4O2S2/c1-22(2)15-8-9-23(22,3)18(12-15)24-19(28)14-31-21-26-25-20(17-7-5-11-30-17)27(21)13-16-6-4-10-29-16/h5,7,11,15-16,18H,4,6,8-10,12-14H2,1-3H3,(H,24,28)/t15-,16+,18+,23-/m0/s1. The summed E-state index contributed by atoms with van der Waals surface area (Å²) < 4.78 is 8.01. The molecule has 6 nitrogen and oxygen atoms in total. The molecule has 2 aliphatic carbocycles. The average molecular weight is 461 g/mol. The van der Waals surface area contributed by atoms with Crippen molar-refractivity contribution in [2.24, 2.45) is 16.7 Å². The first-order chi connectivity index (χ1) is 14.9. The fourth-order valence-electron chi connectivity index (χ4n) is 5.93. The number of fused-ring (bicyclic) bond motifs is 2. The van der Waals surface area contributed by atoms with Gasteiger partial charge in [0.15, 0.2) is 11.0 Å². The van der Waals surface area contributed by atoms with Gasteiger partial charge in [-0.3, -0.25) is 9.36 Å². The van der Waals surface area contributed by atoms with Crippen LogP contribution in [0.25, 0.3) is 10.7 Å². The highest BCUT2D eigenvalue weighted by Crippen LogP contribution is 2.65. The predicted molar refractivity (Wildman–Crippen MR) is 124 cm³/mol. The highest BCUT2D eigenvalue weighted by atomic mass is 32.2. The Morgan fingerprint density at radius 2 is 2.23 bits per heavy atom. The van der Waals surface area contributed by atoms with Gasteiger partial charge in [-0.15, -0.1) is 21.5 Å². The molecule has 3 aliphatic rings. The third kappa shape index (κ3) is 3.74. The Balaban J connectivity index is 1.26. The van der Waals surface area contributed by atoms with Crippen LogP contribution < -0.4 is 5.32 Å². The molecule has 5 rings (SSSR count). The Kier molecular flexibility index (Phi) is 5.67. The Morgan fingerprint density at radius 3 is 2.87 bits per heavy atom. The van der Waals surface area contributed by atoms with Gasteiger partial charge in [-0.05, 0) is 60.3 Å². The molecule has 2 bridgehead atoms.